The van der Waals surface area contributed by atoms with Crippen LogP contribution in [0.5, 0.6) is 11.5 Å². The van der Waals surface area contributed by atoms with Crippen LogP contribution in [-0.4, -0.2) is 68.4 Å². The molecule has 0 aliphatic carbocycles. The van der Waals surface area contributed by atoms with E-state index >= 15 is 0 Å². The lowest BCUT2D eigenvalue weighted by atomic mass is 10.3. The fourth-order valence-corrected chi connectivity index (χ4v) is 5.20. The molecule has 1 aromatic heterocycles. The third-order valence-corrected chi connectivity index (χ3v) is 6.98. The lowest BCUT2D eigenvalue weighted by Gasteiger charge is -2.27. The minimum Gasteiger partial charge on any atom is -0.492 e. The quantitative estimate of drug-likeness (QED) is 0.366. The van der Waals surface area contributed by atoms with Gasteiger partial charge in [-0.05, 0) is 43.7 Å². The van der Waals surface area contributed by atoms with E-state index in [1.807, 2.05) is 25.1 Å². The van der Waals surface area contributed by atoms with Crippen molar-refractivity contribution in [3.63, 3.8) is 0 Å². The van der Waals surface area contributed by atoms with Crippen LogP contribution in [0.1, 0.15) is 13.3 Å². The van der Waals surface area contributed by atoms with Gasteiger partial charge in [0.05, 0.1) is 29.5 Å². The third kappa shape index (κ3) is 6.31. The van der Waals surface area contributed by atoms with Crippen LogP contribution in [-0.2, 0) is 9.53 Å². The van der Waals surface area contributed by atoms with Crippen LogP contribution < -0.4 is 14.4 Å². The van der Waals surface area contributed by atoms with Crippen molar-refractivity contribution in [3.8, 4) is 11.5 Å². The Morgan fingerprint density at radius 2 is 2.00 bits per heavy atom. The molecule has 0 N–H and O–H groups in total. The Hall–Kier alpha value is -2.10. The zero-order valence-corrected chi connectivity index (χ0v) is 21.3. The number of carbonyl (C=O) groups excluding carboxylic acids is 1. The molecule has 2 aromatic carbocycles. The van der Waals surface area contributed by atoms with Crippen molar-refractivity contribution in [2.24, 2.45) is 0 Å². The molecular formula is C24H27Cl2N3O4S. The smallest absolute Gasteiger partial charge is 0.266 e. The van der Waals surface area contributed by atoms with Crippen LogP contribution in [0.25, 0.3) is 10.2 Å². The average Bonchev–Trinajstić information content (AvgIpc) is 3.27. The fraction of sp³-hybridized carbons (Fsp3) is 0.417. The van der Waals surface area contributed by atoms with E-state index in [0.717, 1.165) is 49.5 Å². The van der Waals surface area contributed by atoms with Crippen molar-refractivity contribution in [3.05, 3.63) is 46.4 Å². The van der Waals surface area contributed by atoms with E-state index < -0.39 is 0 Å². The maximum atomic E-state index is 13.3. The van der Waals surface area contributed by atoms with E-state index in [4.69, 9.17) is 42.4 Å². The number of anilines is 1. The number of halogens is 2. The van der Waals surface area contributed by atoms with Crippen LogP contribution in [0, 0.1) is 0 Å². The molecule has 0 saturated carbocycles. The molecular weight excluding hydrogens is 497 g/mol. The van der Waals surface area contributed by atoms with Crippen molar-refractivity contribution in [1.82, 2.24) is 9.88 Å². The summed E-state index contributed by atoms with van der Waals surface area (Å²) >= 11 is 13.6. The Morgan fingerprint density at radius 1 is 1.18 bits per heavy atom. The molecule has 1 aliphatic heterocycles. The van der Waals surface area contributed by atoms with Gasteiger partial charge in [-0.2, -0.15) is 0 Å². The minimum absolute atomic E-state index is 0.160. The van der Waals surface area contributed by atoms with Gasteiger partial charge >= 0.3 is 0 Å². The number of morpholine rings is 1. The first kappa shape index (κ1) is 25.0. The molecule has 34 heavy (non-hydrogen) atoms. The number of aromatic nitrogens is 1. The Labute approximate surface area is 213 Å². The number of fused-ring (bicyclic) bond motifs is 1. The normalized spacial score (nSPS) is 14.3. The van der Waals surface area contributed by atoms with Crippen LogP contribution in [0.15, 0.2) is 36.4 Å². The second-order valence-corrected chi connectivity index (χ2v) is 9.60. The molecule has 1 amide bonds. The summed E-state index contributed by atoms with van der Waals surface area (Å²) in [6.07, 6.45) is 0.807. The first-order chi connectivity index (χ1) is 16.5. The van der Waals surface area contributed by atoms with Gasteiger partial charge in [0.15, 0.2) is 11.7 Å². The van der Waals surface area contributed by atoms with E-state index in [1.54, 1.807) is 23.1 Å². The molecule has 1 fully saturated rings. The Morgan fingerprint density at radius 3 is 2.76 bits per heavy atom. The standard InChI is InChI=1S/C24H27Cl2N3O4S/c1-2-32-20-5-3-6-21-23(20)27-24(34-21)29(10-4-9-28-11-13-31-14-12-28)22(30)16-33-19-8-7-17(25)15-18(19)26/h3,5-8,15H,2,4,9-14,16H2,1H3. The van der Waals surface area contributed by atoms with Crippen molar-refractivity contribution >= 4 is 55.8 Å². The second-order valence-electron chi connectivity index (χ2n) is 7.75. The second kappa shape index (κ2) is 12.0. The van der Waals surface area contributed by atoms with Crippen molar-refractivity contribution < 1.29 is 19.0 Å². The Balaban J connectivity index is 1.51. The highest BCUT2D eigenvalue weighted by atomic mass is 35.5. The summed E-state index contributed by atoms with van der Waals surface area (Å²) in [6.45, 7) is 7.04. The van der Waals surface area contributed by atoms with Crippen LogP contribution in [0.2, 0.25) is 10.0 Å². The summed E-state index contributed by atoms with van der Waals surface area (Å²) in [6, 6.07) is 10.7. The number of para-hydroxylation sites is 1. The highest BCUT2D eigenvalue weighted by Crippen LogP contribution is 2.34. The van der Waals surface area contributed by atoms with Gasteiger partial charge < -0.3 is 14.2 Å². The number of nitrogens with zero attached hydrogens (tertiary/aromatic N) is 3. The van der Waals surface area contributed by atoms with Crippen LogP contribution in [0.4, 0.5) is 5.13 Å². The number of rotatable bonds is 10. The lowest BCUT2D eigenvalue weighted by molar-refractivity contribution is -0.120. The van der Waals surface area contributed by atoms with Gasteiger partial charge in [-0.15, -0.1) is 0 Å². The molecule has 182 valence electrons. The Kier molecular flexibility index (Phi) is 8.86. The van der Waals surface area contributed by atoms with Crippen LogP contribution >= 0.6 is 34.5 Å². The van der Waals surface area contributed by atoms with Gasteiger partial charge in [-0.3, -0.25) is 14.6 Å². The summed E-state index contributed by atoms with van der Waals surface area (Å²) < 4.78 is 17.9. The monoisotopic (exact) mass is 523 g/mol. The molecule has 0 spiro atoms. The van der Waals surface area contributed by atoms with E-state index in [9.17, 15) is 4.79 Å². The first-order valence-corrected chi connectivity index (χ1v) is 12.8. The number of thiazole rings is 1. The molecule has 7 nitrogen and oxygen atoms in total. The SMILES string of the molecule is CCOc1cccc2sc(N(CCCN3CCOCC3)C(=O)COc3ccc(Cl)cc3Cl)nc12. The molecule has 10 heteroatoms. The number of benzene rings is 2. The molecule has 0 atom stereocenters. The number of ether oxygens (including phenoxy) is 3. The van der Waals surface area contributed by atoms with E-state index in [1.165, 1.54) is 11.3 Å². The van der Waals surface area contributed by atoms with E-state index in [2.05, 4.69) is 4.90 Å². The van der Waals surface area contributed by atoms with Gasteiger partial charge in [0, 0.05) is 31.2 Å². The Bertz CT molecular complexity index is 1120. The third-order valence-electron chi connectivity index (χ3n) is 5.41. The van der Waals surface area contributed by atoms with Crippen molar-refractivity contribution in [1.29, 1.82) is 0 Å². The molecule has 0 unspecified atom stereocenters. The van der Waals surface area contributed by atoms with Crippen molar-refractivity contribution in [2.75, 3.05) is 57.5 Å². The van der Waals surface area contributed by atoms with E-state index in [0.29, 0.717) is 39.8 Å². The highest BCUT2D eigenvalue weighted by Gasteiger charge is 2.22. The number of hydrogen-bond donors (Lipinski definition) is 0. The molecule has 2 heterocycles. The summed E-state index contributed by atoms with van der Waals surface area (Å²) in [5, 5.41) is 1.49. The highest BCUT2D eigenvalue weighted by molar-refractivity contribution is 7.22. The van der Waals surface area contributed by atoms with Gasteiger partial charge in [-0.1, -0.05) is 40.6 Å². The van der Waals surface area contributed by atoms with E-state index in [-0.39, 0.29) is 12.5 Å². The van der Waals surface area contributed by atoms with Gasteiger partial charge in [0.2, 0.25) is 0 Å². The zero-order chi connectivity index (χ0) is 23.9. The molecule has 0 bridgehead atoms. The maximum absolute atomic E-state index is 13.3. The van der Waals surface area contributed by atoms with Gasteiger partial charge in [-0.25, -0.2) is 4.98 Å². The predicted octanol–water partition coefficient (Wildman–Crippen LogP) is 5.14. The summed E-state index contributed by atoms with van der Waals surface area (Å²) in [7, 11) is 0. The lowest BCUT2D eigenvalue weighted by Crippen LogP contribution is -2.40. The zero-order valence-electron chi connectivity index (χ0n) is 19.0. The number of hydrogen-bond acceptors (Lipinski definition) is 7. The predicted molar refractivity (Wildman–Crippen MR) is 137 cm³/mol. The summed E-state index contributed by atoms with van der Waals surface area (Å²) in [5.74, 6) is 0.938. The average molecular weight is 524 g/mol. The van der Waals surface area contributed by atoms with Gasteiger partial charge in [0.25, 0.3) is 5.91 Å². The summed E-state index contributed by atoms with van der Waals surface area (Å²) in [5.41, 5.74) is 0.761. The maximum Gasteiger partial charge on any atom is 0.266 e. The minimum atomic E-state index is -0.190. The number of carbonyl (C=O) groups is 1. The first-order valence-electron chi connectivity index (χ1n) is 11.3. The molecule has 1 aliphatic rings. The fourth-order valence-electron chi connectivity index (χ4n) is 3.71. The molecule has 3 aromatic rings. The van der Waals surface area contributed by atoms with Crippen LogP contribution in [0.3, 0.4) is 0 Å². The molecule has 0 radical (unpaired) electrons. The van der Waals surface area contributed by atoms with Gasteiger partial charge in [0.1, 0.15) is 17.0 Å². The largest absolute Gasteiger partial charge is 0.492 e. The van der Waals surface area contributed by atoms with Crippen molar-refractivity contribution in [2.45, 2.75) is 13.3 Å². The molecule has 1 saturated heterocycles. The topological polar surface area (TPSA) is 64.1 Å². The molecule has 4 rings (SSSR count). The number of amides is 1. The summed E-state index contributed by atoms with van der Waals surface area (Å²) in [4.78, 5) is 22.1.